The first-order valence-electron chi connectivity index (χ1n) is 5.24. The number of aryl methyl sites for hydroxylation is 1. The largest absolute Gasteiger partial charge is 0.323 e. The molecule has 0 amide bonds. The number of aromatic nitrogens is 1. The highest BCUT2D eigenvalue weighted by molar-refractivity contribution is 9.10. The summed E-state index contributed by atoms with van der Waals surface area (Å²) in [5, 5.41) is 3.20. The van der Waals surface area contributed by atoms with Crippen molar-refractivity contribution in [2.45, 2.75) is 25.3 Å². The first-order chi connectivity index (χ1) is 7.75. The van der Waals surface area contributed by atoms with E-state index < -0.39 is 0 Å². The van der Waals surface area contributed by atoms with Crippen LogP contribution in [0.5, 0.6) is 0 Å². The van der Waals surface area contributed by atoms with Crippen molar-refractivity contribution in [3.05, 3.63) is 26.5 Å². The quantitative estimate of drug-likeness (QED) is 0.865. The van der Waals surface area contributed by atoms with Crippen molar-refractivity contribution in [1.82, 2.24) is 4.98 Å². The highest BCUT2D eigenvalue weighted by atomic mass is 79.9. The minimum absolute atomic E-state index is 0.146. The van der Waals surface area contributed by atoms with E-state index in [1.807, 2.05) is 0 Å². The van der Waals surface area contributed by atoms with Crippen LogP contribution in [0.4, 0.5) is 0 Å². The van der Waals surface area contributed by atoms with Gasteiger partial charge in [0, 0.05) is 15.4 Å². The fourth-order valence-corrected chi connectivity index (χ4v) is 4.97. The number of hydrogen-bond acceptors (Lipinski definition) is 4. The first kappa shape index (κ1) is 10.9. The van der Waals surface area contributed by atoms with Gasteiger partial charge in [-0.3, -0.25) is 0 Å². The van der Waals surface area contributed by atoms with Crippen molar-refractivity contribution in [1.29, 1.82) is 0 Å². The summed E-state index contributed by atoms with van der Waals surface area (Å²) in [5.41, 5.74) is 7.22. The van der Waals surface area contributed by atoms with Crippen molar-refractivity contribution in [3.8, 4) is 9.88 Å². The summed E-state index contributed by atoms with van der Waals surface area (Å²) in [4.78, 5) is 7.32. The average molecular weight is 315 g/mol. The molecule has 0 radical (unpaired) electrons. The molecular formula is C11H11BrN2S2. The molecule has 2 N–H and O–H groups in total. The predicted octanol–water partition coefficient (Wildman–Crippen LogP) is 3.97. The maximum atomic E-state index is 6.09. The second-order valence-corrected chi connectivity index (χ2v) is 6.78. The zero-order valence-electron chi connectivity index (χ0n) is 8.57. The molecular weight excluding hydrogens is 304 g/mol. The van der Waals surface area contributed by atoms with Crippen LogP contribution >= 0.6 is 38.6 Å². The minimum atomic E-state index is 0.146. The number of hydrogen-bond donors (Lipinski definition) is 1. The van der Waals surface area contributed by atoms with Gasteiger partial charge in [0.1, 0.15) is 5.01 Å². The van der Waals surface area contributed by atoms with Crippen molar-refractivity contribution in [2.75, 3.05) is 0 Å². The standard InChI is InChI=1S/C11H11BrN2S2/c12-6-4-5-15-10(6)11-14-9-7(13)2-1-3-8(9)16-11/h4-5,7H,1-3,13H2. The Bertz CT molecular complexity index is 518. The van der Waals surface area contributed by atoms with Gasteiger partial charge in [-0.15, -0.1) is 22.7 Å². The molecule has 2 nitrogen and oxygen atoms in total. The van der Waals surface area contributed by atoms with Crippen LogP contribution in [0.1, 0.15) is 29.5 Å². The molecule has 2 aromatic heterocycles. The van der Waals surface area contributed by atoms with Gasteiger partial charge < -0.3 is 5.73 Å². The lowest BCUT2D eigenvalue weighted by Gasteiger charge is -2.15. The monoisotopic (exact) mass is 314 g/mol. The second-order valence-electron chi connectivity index (χ2n) is 3.92. The minimum Gasteiger partial charge on any atom is -0.323 e. The van der Waals surface area contributed by atoms with Gasteiger partial charge in [-0.05, 0) is 46.6 Å². The highest BCUT2D eigenvalue weighted by Crippen LogP contribution is 2.40. The summed E-state index contributed by atoms with van der Waals surface area (Å²) in [6.45, 7) is 0. The van der Waals surface area contributed by atoms with Crippen LogP contribution in [0.3, 0.4) is 0 Å². The first-order valence-corrected chi connectivity index (χ1v) is 7.73. The van der Waals surface area contributed by atoms with Crippen molar-refractivity contribution in [2.24, 2.45) is 5.73 Å². The highest BCUT2D eigenvalue weighted by Gasteiger charge is 2.23. The van der Waals surface area contributed by atoms with Crippen LogP contribution in [-0.4, -0.2) is 4.98 Å². The zero-order chi connectivity index (χ0) is 11.1. The molecule has 2 heterocycles. The van der Waals surface area contributed by atoms with Gasteiger partial charge in [-0.2, -0.15) is 0 Å². The van der Waals surface area contributed by atoms with Gasteiger partial charge in [-0.1, -0.05) is 0 Å². The van der Waals surface area contributed by atoms with Crippen LogP contribution in [0.15, 0.2) is 15.9 Å². The van der Waals surface area contributed by atoms with Gasteiger partial charge in [0.2, 0.25) is 0 Å². The molecule has 0 saturated heterocycles. The molecule has 3 rings (SSSR count). The Morgan fingerprint density at radius 3 is 3.06 bits per heavy atom. The predicted molar refractivity (Wildman–Crippen MR) is 73.0 cm³/mol. The number of thiophene rings is 1. The average Bonchev–Trinajstić information content (AvgIpc) is 2.84. The third-order valence-corrected chi connectivity index (χ3v) is 5.93. The maximum absolute atomic E-state index is 6.09. The SMILES string of the molecule is NC1CCCc2sc(-c3sccc3Br)nc21. The molecule has 0 spiro atoms. The molecule has 1 aliphatic rings. The Morgan fingerprint density at radius 2 is 2.38 bits per heavy atom. The van der Waals surface area contributed by atoms with Gasteiger partial charge in [0.05, 0.1) is 10.6 Å². The van der Waals surface area contributed by atoms with Crippen LogP contribution in [-0.2, 0) is 6.42 Å². The summed E-state index contributed by atoms with van der Waals surface area (Å²) in [7, 11) is 0. The smallest absolute Gasteiger partial charge is 0.135 e. The molecule has 0 bridgehead atoms. The normalized spacial score (nSPS) is 19.8. The topological polar surface area (TPSA) is 38.9 Å². The molecule has 2 aromatic rings. The molecule has 0 aliphatic heterocycles. The lowest BCUT2D eigenvalue weighted by atomic mass is 9.99. The lowest BCUT2D eigenvalue weighted by molar-refractivity contribution is 0.564. The van der Waals surface area contributed by atoms with Gasteiger partial charge >= 0.3 is 0 Å². The third-order valence-electron chi connectivity index (χ3n) is 2.81. The van der Waals surface area contributed by atoms with E-state index in [9.17, 15) is 0 Å². The van der Waals surface area contributed by atoms with E-state index in [1.54, 1.807) is 22.7 Å². The number of fused-ring (bicyclic) bond motifs is 1. The molecule has 16 heavy (non-hydrogen) atoms. The molecule has 1 unspecified atom stereocenters. The van der Waals surface area contributed by atoms with E-state index in [4.69, 9.17) is 10.7 Å². The molecule has 5 heteroatoms. The fraction of sp³-hybridized carbons (Fsp3) is 0.364. The Morgan fingerprint density at radius 1 is 1.50 bits per heavy atom. The second kappa shape index (κ2) is 4.22. The third kappa shape index (κ3) is 1.76. The lowest BCUT2D eigenvalue weighted by Crippen LogP contribution is -2.16. The number of rotatable bonds is 1. The molecule has 0 saturated carbocycles. The van der Waals surface area contributed by atoms with Crippen LogP contribution < -0.4 is 5.73 Å². The van der Waals surface area contributed by atoms with E-state index in [-0.39, 0.29) is 6.04 Å². The van der Waals surface area contributed by atoms with Gasteiger partial charge in [-0.25, -0.2) is 4.98 Å². The van der Waals surface area contributed by atoms with Crippen LogP contribution in [0, 0.1) is 0 Å². The number of halogens is 1. The summed E-state index contributed by atoms with van der Waals surface area (Å²) in [6, 6.07) is 2.22. The van der Waals surface area contributed by atoms with Crippen molar-refractivity contribution >= 4 is 38.6 Å². The van der Waals surface area contributed by atoms with Gasteiger partial charge in [0.25, 0.3) is 0 Å². The summed E-state index contributed by atoms with van der Waals surface area (Å²) in [5.74, 6) is 0. The Hall–Kier alpha value is -0.230. The molecule has 84 valence electrons. The number of nitrogens with two attached hydrogens (primary N) is 1. The summed E-state index contributed by atoms with van der Waals surface area (Å²) in [6.07, 6.45) is 3.41. The molecule has 0 fully saturated rings. The summed E-state index contributed by atoms with van der Waals surface area (Å²) < 4.78 is 1.14. The van der Waals surface area contributed by atoms with E-state index in [2.05, 4.69) is 27.4 Å². The van der Waals surface area contributed by atoms with E-state index >= 15 is 0 Å². The maximum Gasteiger partial charge on any atom is 0.135 e. The van der Waals surface area contributed by atoms with Crippen molar-refractivity contribution < 1.29 is 0 Å². The van der Waals surface area contributed by atoms with Crippen LogP contribution in [0.2, 0.25) is 0 Å². The van der Waals surface area contributed by atoms with Gasteiger partial charge in [0.15, 0.2) is 0 Å². The van der Waals surface area contributed by atoms with E-state index in [1.165, 1.54) is 16.2 Å². The van der Waals surface area contributed by atoms with Crippen LogP contribution in [0.25, 0.3) is 9.88 Å². The Labute approximate surface area is 111 Å². The van der Waals surface area contributed by atoms with E-state index in [0.717, 1.165) is 28.0 Å². The Balaban J connectivity index is 2.08. The van der Waals surface area contributed by atoms with E-state index in [0.29, 0.717) is 0 Å². The molecule has 1 atom stereocenters. The zero-order valence-corrected chi connectivity index (χ0v) is 11.8. The Kier molecular flexibility index (Phi) is 2.87. The summed E-state index contributed by atoms with van der Waals surface area (Å²) >= 11 is 7.09. The molecule has 0 aromatic carbocycles. The fourth-order valence-electron chi connectivity index (χ4n) is 2.00. The number of thiazole rings is 1. The number of nitrogens with zero attached hydrogens (tertiary/aromatic N) is 1. The molecule has 1 aliphatic carbocycles. The van der Waals surface area contributed by atoms with Crippen molar-refractivity contribution in [3.63, 3.8) is 0 Å².